The van der Waals surface area contributed by atoms with Gasteiger partial charge in [0, 0.05) is 12.6 Å². The van der Waals surface area contributed by atoms with E-state index in [9.17, 15) is 5.11 Å². The zero-order chi connectivity index (χ0) is 13.5. The van der Waals surface area contributed by atoms with E-state index in [2.05, 4.69) is 17.0 Å². The van der Waals surface area contributed by atoms with E-state index in [-0.39, 0.29) is 0 Å². The Morgan fingerprint density at radius 2 is 2.00 bits per heavy atom. The van der Waals surface area contributed by atoms with Crippen LogP contribution in [0.2, 0.25) is 0 Å². The van der Waals surface area contributed by atoms with E-state index in [1.165, 1.54) is 24.8 Å². The molecule has 1 N–H and O–H groups in total. The molecule has 1 aliphatic heterocycles. The van der Waals surface area contributed by atoms with Crippen molar-refractivity contribution in [3.63, 3.8) is 0 Å². The maximum absolute atomic E-state index is 9.49. The molecule has 1 atom stereocenters. The fourth-order valence-electron chi connectivity index (χ4n) is 2.80. The third kappa shape index (κ3) is 4.22. The zero-order valence-electron chi connectivity index (χ0n) is 11.8. The average molecular weight is 263 g/mol. The Kier molecular flexibility index (Phi) is 5.67. The molecule has 106 valence electrons. The lowest BCUT2D eigenvalue weighted by Crippen LogP contribution is -2.38. The molecule has 3 nitrogen and oxygen atoms in total. The summed E-state index contributed by atoms with van der Waals surface area (Å²) in [7, 11) is 1.69. The van der Waals surface area contributed by atoms with E-state index in [0.29, 0.717) is 12.6 Å². The molecular weight excluding hydrogens is 238 g/mol. The van der Waals surface area contributed by atoms with Gasteiger partial charge in [-0.2, -0.15) is 0 Å². The van der Waals surface area contributed by atoms with Crippen LogP contribution in [0.4, 0.5) is 0 Å². The van der Waals surface area contributed by atoms with Crippen molar-refractivity contribution in [3.05, 3.63) is 29.8 Å². The molecule has 0 bridgehead atoms. The maximum Gasteiger partial charge on any atom is 0.118 e. The fourth-order valence-corrected chi connectivity index (χ4v) is 2.80. The summed E-state index contributed by atoms with van der Waals surface area (Å²) >= 11 is 0. The number of rotatable bonds is 5. The Morgan fingerprint density at radius 3 is 2.68 bits per heavy atom. The highest BCUT2D eigenvalue weighted by molar-refractivity contribution is 5.27. The number of aliphatic hydroxyl groups excluding tert-OH is 1. The first-order valence-corrected chi connectivity index (χ1v) is 7.31. The molecule has 0 amide bonds. The van der Waals surface area contributed by atoms with Crippen LogP contribution < -0.4 is 4.74 Å². The van der Waals surface area contributed by atoms with E-state index in [4.69, 9.17) is 4.74 Å². The van der Waals surface area contributed by atoms with Crippen LogP contribution in [-0.4, -0.2) is 42.9 Å². The number of methoxy groups -OCH3 is 1. The minimum Gasteiger partial charge on any atom is -0.497 e. The largest absolute Gasteiger partial charge is 0.497 e. The monoisotopic (exact) mass is 263 g/mol. The van der Waals surface area contributed by atoms with Crippen LogP contribution in [0.15, 0.2) is 24.3 Å². The smallest absolute Gasteiger partial charge is 0.118 e. The van der Waals surface area contributed by atoms with Crippen molar-refractivity contribution in [3.8, 4) is 5.75 Å². The third-order valence-corrected chi connectivity index (χ3v) is 4.06. The summed E-state index contributed by atoms with van der Waals surface area (Å²) in [5, 5.41) is 9.49. The van der Waals surface area contributed by atoms with Crippen molar-refractivity contribution in [2.45, 2.75) is 38.1 Å². The summed E-state index contributed by atoms with van der Waals surface area (Å²) < 4.78 is 5.17. The molecule has 1 saturated heterocycles. The molecule has 0 aliphatic carbocycles. The Balaban J connectivity index is 1.88. The lowest BCUT2D eigenvalue weighted by molar-refractivity contribution is 0.125. The van der Waals surface area contributed by atoms with Gasteiger partial charge in [0.15, 0.2) is 0 Å². The second-order valence-electron chi connectivity index (χ2n) is 5.32. The van der Waals surface area contributed by atoms with E-state index in [0.717, 1.165) is 31.7 Å². The van der Waals surface area contributed by atoms with E-state index in [1.807, 2.05) is 12.1 Å². The van der Waals surface area contributed by atoms with Gasteiger partial charge in [-0.3, -0.25) is 4.90 Å². The minimum absolute atomic E-state index is 0.294. The average Bonchev–Trinajstić information content (AvgIpc) is 2.70. The summed E-state index contributed by atoms with van der Waals surface area (Å²) in [6.45, 7) is 2.46. The number of nitrogens with zero attached hydrogens (tertiary/aromatic N) is 1. The normalized spacial score (nSPS) is 21.1. The lowest BCUT2D eigenvalue weighted by atomic mass is 10.1. The van der Waals surface area contributed by atoms with Crippen molar-refractivity contribution in [2.75, 3.05) is 26.8 Å². The first-order valence-electron chi connectivity index (χ1n) is 7.31. The van der Waals surface area contributed by atoms with Crippen LogP contribution in [0.3, 0.4) is 0 Å². The Morgan fingerprint density at radius 1 is 1.21 bits per heavy atom. The van der Waals surface area contributed by atoms with Crippen molar-refractivity contribution in [1.82, 2.24) is 4.90 Å². The van der Waals surface area contributed by atoms with Crippen molar-refractivity contribution in [2.24, 2.45) is 0 Å². The number of hydrogen-bond donors (Lipinski definition) is 1. The lowest BCUT2D eigenvalue weighted by Gasteiger charge is -2.28. The quantitative estimate of drug-likeness (QED) is 0.886. The molecule has 1 aromatic rings. The highest BCUT2D eigenvalue weighted by Gasteiger charge is 2.19. The summed E-state index contributed by atoms with van der Waals surface area (Å²) in [4.78, 5) is 2.46. The summed E-state index contributed by atoms with van der Waals surface area (Å²) in [5.74, 6) is 0.909. The molecule has 0 radical (unpaired) electrons. The molecule has 19 heavy (non-hydrogen) atoms. The first-order chi connectivity index (χ1) is 9.33. The van der Waals surface area contributed by atoms with Crippen LogP contribution in [0, 0.1) is 0 Å². The van der Waals surface area contributed by atoms with Gasteiger partial charge < -0.3 is 9.84 Å². The number of likely N-dealkylation sites (tertiary alicyclic amines) is 1. The molecule has 1 unspecified atom stereocenters. The first kappa shape index (κ1) is 14.4. The van der Waals surface area contributed by atoms with Crippen LogP contribution >= 0.6 is 0 Å². The molecule has 0 aromatic heterocycles. The summed E-state index contributed by atoms with van der Waals surface area (Å²) in [6, 6.07) is 8.65. The standard InChI is InChI=1S/C16H25NO2/c1-19-16-8-6-14(7-9-16)10-12-17-11-4-2-3-5-15(17)13-18/h6-9,15,18H,2-5,10-13H2,1H3. The molecule has 0 spiro atoms. The maximum atomic E-state index is 9.49. The number of benzene rings is 1. The van der Waals surface area contributed by atoms with Gasteiger partial charge in [-0.1, -0.05) is 25.0 Å². The van der Waals surface area contributed by atoms with Crippen LogP contribution in [0.5, 0.6) is 5.75 Å². The molecule has 1 fully saturated rings. The van der Waals surface area contributed by atoms with Gasteiger partial charge in [0.05, 0.1) is 13.7 Å². The molecule has 1 aliphatic rings. The van der Waals surface area contributed by atoms with Gasteiger partial charge in [0.25, 0.3) is 0 Å². The molecule has 2 rings (SSSR count). The predicted molar refractivity (Wildman–Crippen MR) is 77.6 cm³/mol. The Hall–Kier alpha value is -1.06. The highest BCUT2D eigenvalue weighted by atomic mass is 16.5. The van der Waals surface area contributed by atoms with Crippen molar-refractivity contribution < 1.29 is 9.84 Å². The van der Waals surface area contributed by atoms with Crippen LogP contribution in [-0.2, 0) is 6.42 Å². The van der Waals surface area contributed by atoms with E-state index in [1.54, 1.807) is 7.11 Å². The van der Waals surface area contributed by atoms with E-state index >= 15 is 0 Å². The molecule has 1 heterocycles. The topological polar surface area (TPSA) is 32.7 Å². The number of ether oxygens (including phenoxy) is 1. The fraction of sp³-hybridized carbons (Fsp3) is 0.625. The van der Waals surface area contributed by atoms with Gasteiger partial charge in [-0.05, 0) is 43.5 Å². The zero-order valence-corrected chi connectivity index (χ0v) is 11.8. The minimum atomic E-state index is 0.294. The van der Waals surface area contributed by atoms with Crippen LogP contribution in [0.1, 0.15) is 31.2 Å². The predicted octanol–water partition coefficient (Wildman–Crippen LogP) is 2.47. The number of hydrogen-bond acceptors (Lipinski definition) is 3. The number of aliphatic hydroxyl groups is 1. The SMILES string of the molecule is COc1ccc(CCN2CCCCCC2CO)cc1. The van der Waals surface area contributed by atoms with Crippen molar-refractivity contribution >= 4 is 0 Å². The van der Waals surface area contributed by atoms with Gasteiger partial charge in [0.1, 0.15) is 5.75 Å². The highest BCUT2D eigenvalue weighted by Crippen LogP contribution is 2.18. The Bertz CT molecular complexity index is 364. The van der Waals surface area contributed by atoms with Crippen molar-refractivity contribution in [1.29, 1.82) is 0 Å². The second kappa shape index (κ2) is 7.51. The summed E-state index contributed by atoms with van der Waals surface area (Å²) in [6.07, 6.45) is 6.00. The molecule has 0 saturated carbocycles. The van der Waals surface area contributed by atoms with Gasteiger partial charge >= 0.3 is 0 Å². The molecule has 3 heteroatoms. The van der Waals surface area contributed by atoms with E-state index < -0.39 is 0 Å². The molecule has 1 aromatic carbocycles. The van der Waals surface area contributed by atoms with Gasteiger partial charge in [-0.25, -0.2) is 0 Å². The van der Waals surface area contributed by atoms with Crippen LogP contribution in [0.25, 0.3) is 0 Å². The van der Waals surface area contributed by atoms with Gasteiger partial charge in [-0.15, -0.1) is 0 Å². The second-order valence-corrected chi connectivity index (χ2v) is 5.32. The molecular formula is C16H25NO2. The Labute approximate surface area is 116 Å². The van der Waals surface area contributed by atoms with Gasteiger partial charge in [0.2, 0.25) is 0 Å². The summed E-state index contributed by atoms with van der Waals surface area (Å²) in [5.41, 5.74) is 1.33. The third-order valence-electron chi connectivity index (χ3n) is 4.06.